The van der Waals surface area contributed by atoms with Crippen molar-refractivity contribution in [3.63, 3.8) is 0 Å². The second-order valence-corrected chi connectivity index (χ2v) is 8.36. The minimum atomic E-state index is -0.0973. The number of hydrogen-bond acceptors (Lipinski definition) is 6. The number of rotatable bonds is 4. The van der Waals surface area contributed by atoms with Gasteiger partial charge in [-0.25, -0.2) is 4.98 Å². The molecule has 4 rings (SSSR count). The zero-order chi connectivity index (χ0) is 18.8. The number of fused-ring (bicyclic) bond motifs is 1. The lowest BCUT2D eigenvalue weighted by molar-refractivity contribution is -0.112. The first-order valence-corrected chi connectivity index (χ1v) is 10.1. The van der Waals surface area contributed by atoms with E-state index >= 15 is 0 Å². The van der Waals surface area contributed by atoms with Gasteiger partial charge in [0, 0.05) is 31.6 Å². The van der Waals surface area contributed by atoms with Gasteiger partial charge in [-0.1, -0.05) is 12.2 Å². The molecule has 0 radical (unpaired) electrons. The van der Waals surface area contributed by atoms with Crippen LogP contribution in [0.2, 0.25) is 0 Å². The van der Waals surface area contributed by atoms with E-state index in [1.165, 1.54) is 11.3 Å². The molecule has 0 atom stereocenters. The lowest BCUT2D eigenvalue weighted by atomic mass is 10.2. The van der Waals surface area contributed by atoms with Crippen LogP contribution in [0.4, 0.5) is 5.00 Å². The van der Waals surface area contributed by atoms with E-state index in [9.17, 15) is 4.79 Å². The number of allylic oxidation sites excluding steroid dienone is 3. The highest BCUT2D eigenvalue weighted by atomic mass is 32.1. The SMILES string of the molecule is CN(C)C1=CC(C(=O)Nc2ccc(-c3nc4cnccc4s3)s2)=CCC=C1. The molecule has 1 N–H and O–H groups in total. The first kappa shape index (κ1) is 17.6. The van der Waals surface area contributed by atoms with Gasteiger partial charge in [-0.2, -0.15) is 0 Å². The Hall–Kier alpha value is -2.77. The normalized spacial score (nSPS) is 13.9. The number of hydrogen-bond donors (Lipinski definition) is 1. The van der Waals surface area contributed by atoms with E-state index in [2.05, 4.69) is 21.4 Å². The summed E-state index contributed by atoms with van der Waals surface area (Å²) in [4.78, 5) is 24.5. The summed E-state index contributed by atoms with van der Waals surface area (Å²) < 4.78 is 1.11. The smallest absolute Gasteiger partial charge is 0.256 e. The van der Waals surface area contributed by atoms with Crippen LogP contribution in [0.25, 0.3) is 20.1 Å². The van der Waals surface area contributed by atoms with E-state index in [1.807, 2.05) is 55.4 Å². The van der Waals surface area contributed by atoms with Crippen molar-refractivity contribution in [2.75, 3.05) is 19.4 Å². The summed E-state index contributed by atoms with van der Waals surface area (Å²) in [6.45, 7) is 0. The second kappa shape index (κ2) is 7.46. The van der Waals surface area contributed by atoms with Crippen molar-refractivity contribution < 1.29 is 4.79 Å². The third-order valence-corrected chi connectivity index (χ3v) is 6.29. The van der Waals surface area contributed by atoms with Gasteiger partial charge in [0.1, 0.15) is 10.5 Å². The molecule has 3 aromatic heterocycles. The minimum Gasteiger partial charge on any atom is -0.378 e. The number of thiophene rings is 1. The molecule has 0 bridgehead atoms. The van der Waals surface area contributed by atoms with Crippen LogP contribution in [0, 0.1) is 0 Å². The van der Waals surface area contributed by atoms with Gasteiger partial charge in [-0.15, -0.1) is 22.7 Å². The minimum absolute atomic E-state index is 0.0973. The number of carbonyl (C=O) groups excluding carboxylic acids is 1. The molecule has 3 aromatic rings. The number of likely N-dealkylation sites (N-methyl/N-ethyl adjacent to an activating group) is 1. The zero-order valence-corrected chi connectivity index (χ0v) is 16.6. The van der Waals surface area contributed by atoms with Crippen LogP contribution < -0.4 is 5.32 Å². The zero-order valence-electron chi connectivity index (χ0n) is 15.0. The summed E-state index contributed by atoms with van der Waals surface area (Å²) in [5, 5.41) is 4.76. The van der Waals surface area contributed by atoms with Crippen molar-refractivity contribution in [2.45, 2.75) is 6.42 Å². The third kappa shape index (κ3) is 3.84. The van der Waals surface area contributed by atoms with Gasteiger partial charge in [-0.3, -0.25) is 9.78 Å². The Kier molecular flexibility index (Phi) is 4.87. The molecule has 0 spiro atoms. The molecule has 0 aromatic carbocycles. The maximum Gasteiger partial charge on any atom is 0.256 e. The number of aromatic nitrogens is 2. The molecule has 5 nitrogen and oxygen atoms in total. The topological polar surface area (TPSA) is 58.1 Å². The van der Waals surface area contributed by atoms with Crippen LogP contribution in [-0.4, -0.2) is 34.9 Å². The Morgan fingerprint density at radius 2 is 2.11 bits per heavy atom. The van der Waals surface area contributed by atoms with E-state index in [1.54, 1.807) is 23.7 Å². The number of carbonyl (C=O) groups is 1. The molecule has 1 aliphatic carbocycles. The fraction of sp³-hybridized carbons (Fsp3) is 0.150. The van der Waals surface area contributed by atoms with Crippen LogP contribution in [0.1, 0.15) is 6.42 Å². The summed E-state index contributed by atoms with van der Waals surface area (Å²) in [7, 11) is 3.94. The highest BCUT2D eigenvalue weighted by Gasteiger charge is 2.14. The highest BCUT2D eigenvalue weighted by Crippen LogP contribution is 2.36. The van der Waals surface area contributed by atoms with Gasteiger partial charge < -0.3 is 10.2 Å². The maximum atomic E-state index is 12.7. The Morgan fingerprint density at radius 1 is 1.22 bits per heavy atom. The predicted molar refractivity (Wildman–Crippen MR) is 113 cm³/mol. The number of nitrogens with one attached hydrogen (secondary N) is 1. The summed E-state index contributed by atoms with van der Waals surface area (Å²) in [6, 6.07) is 5.89. The van der Waals surface area contributed by atoms with Crippen LogP contribution in [0.5, 0.6) is 0 Å². The monoisotopic (exact) mass is 394 g/mol. The number of amides is 1. The summed E-state index contributed by atoms with van der Waals surface area (Å²) in [6.07, 6.45) is 12.2. The molecule has 1 amide bonds. The molecular weight excluding hydrogens is 376 g/mol. The largest absolute Gasteiger partial charge is 0.378 e. The van der Waals surface area contributed by atoms with E-state index in [0.717, 1.165) is 37.2 Å². The number of thiazole rings is 1. The van der Waals surface area contributed by atoms with Gasteiger partial charge >= 0.3 is 0 Å². The van der Waals surface area contributed by atoms with E-state index in [4.69, 9.17) is 0 Å². The summed E-state index contributed by atoms with van der Waals surface area (Å²) in [5.41, 5.74) is 2.57. The lowest BCUT2D eigenvalue weighted by Crippen LogP contribution is -2.15. The van der Waals surface area contributed by atoms with E-state index in [-0.39, 0.29) is 5.91 Å². The molecule has 136 valence electrons. The highest BCUT2D eigenvalue weighted by molar-refractivity contribution is 7.26. The van der Waals surface area contributed by atoms with Crippen LogP contribution >= 0.6 is 22.7 Å². The maximum absolute atomic E-state index is 12.7. The van der Waals surface area contributed by atoms with Crippen molar-refractivity contribution >= 4 is 43.8 Å². The molecule has 0 fully saturated rings. The molecule has 3 heterocycles. The lowest BCUT2D eigenvalue weighted by Gasteiger charge is -2.13. The molecule has 0 saturated heterocycles. The number of anilines is 1. The molecule has 0 saturated carbocycles. The number of nitrogens with zero attached hydrogens (tertiary/aromatic N) is 3. The van der Waals surface area contributed by atoms with Gasteiger partial charge in [0.25, 0.3) is 5.91 Å². The van der Waals surface area contributed by atoms with Gasteiger partial charge in [0.15, 0.2) is 0 Å². The number of pyridine rings is 1. The predicted octanol–water partition coefficient (Wildman–Crippen LogP) is 4.69. The van der Waals surface area contributed by atoms with Crippen molar-refractivity contribution in [3.8, 4) is 9.88 Å². The average Bonchev–Trinajstić information content (AvgIpc) is 3.21. The quantitative estimate of drug-likeness (QED) is 0.697. The van der Waals surface area contributed by atoms with Gasteiger partial charge in [0.05, 0.1) is 20.8 Å². The summed E-state index contributed by atoms with van der Waals surface area (Å²) >= 11 is 3.16. The van der Waals surface area contributed by atoms with Crippen molar-refractivity contribution in [1.82, 2.24) is 14.9 Å². The molecule has 7 heteroatoms. The van der Waals surface area contributed by atoms with Crippen molar-refractivity contribution in [2.24, 2.45) is 0 Å². The third-order valence-electron chi connectivity index (χ3n) is 4.09. The fourth-order valence-corrected chi connectivity index (χ4v) is 4.56. The van der Waals surface area contributed by atoms with E-state index in [0.29, 0.717) is 5.57 Å². The fourth-order valence-electron chi connectivity index (χ4n) is 2.68. The van der Waals surface area contributed by atoms with Crippen LogP contribution in [0.3, 0.4) is 0 Å². The Morgan fingerprint density at radius 3 is 2.93 bits per heavy atom. The second-order valence-electron chi connectivity index (χ2n) is 6.24. The molecular formula is C20H18N4OS2. The van der Waals surface area contributed by atoms with Crippen molar-refractivity contribution in [3.05, 3.63) is 66.2 Å². The molecule has 27 heavy (non-hydrogen) atoms. The first-order valence-electron chi connectivity index (χ1n) is 8.48. The Labute approximate surface area is 165 Å². The molecule has 1 aliphatic rings. The van der Waals surface area contributed by atoms with Gasteiger partial charge in [0.2, 0.25) is 0 Å². The Balaban J connectivity index is 1.53. The molecule has 0 aliphatic heterocycles. The van der Waals surface area contributed by atoms with Crippen LogP contribution in [0.15, 0.2) is 66.2 Å². The van der Waals surface area contributed by atoms with E-state index < -0.39 is 0 Å². The van der Waals surface area contributed by atoms with Crippen LogP contribution in [-0.2, 0) is 4.79 Å². The first-order chi connectivity index (χ1) is 13.1. The summed E-state index contributed by atoms with van der Waals surface area (Å²) in [5.74, 6) is -0.0973. The average molecular weight is 395 g/mol. The standard InChI is InChI=1S/C20H18N4OS2/c1-24(2)14-6-4-3-5-13(11-14)19(25)23-18-8-7-17(26-18)20-22-15-12-21-10-9-16(15)27-20/h4-12H,3H2,1-2H3,(H,23,25). The van der Waals surface area contributed by atoms with Gasteiger partial charge in [-0.05, 0) is 36.8 Å². The molecule has 0 unspecified atom stereocenters. The van der Waals surface area contributed by atoms with Crippen molar-refractivity contribution in [1.29, 1.82) is 0 Å². The Bertz CT molecular complexity index is 1060.